The molecule has 2 aromatic carbocycles. The minimum absolute atomic E-state index is 0.586. The number of aromatic nitrogens is 4. The van der Waals surface area contributed by atoms with Gasteiger partial charge in [-0.2, -0.15) is 5.10 Å². The Hall–Kier alpha value is -3.52. The summed E-state index contributed by atoms with van der Waals surface area (Å²) in [6.45, 7) is 6.90. The van der Waals surface area contributed by atoms with Gasteiger partial charge in [-0.1, -0.05) is 48.5 Å². The molecule has 32 heavy (non-hydrogen) atoms. The molecule has 0 unspecified atom stereocenters. The third-order valence-corrected chi connectivity index (χ3v) is 5.83. The Kier molecular flexibility index (Phi) is 7.24. The van der Waals surface area contributed by atoms with Gasteiger partial charge in [0.15, 0.2) is 5.96 Å². The van der Waals surface area contributed by atoms with Crippen LogP contribution in [-0.4, -0.2) is 32.3 Å². The van der Waals surface area contributed by atoms with Crippen LogP contribution >= 0.6 is 11.3 Å². The maximum atomic E-state index is 4.81. The van der Waals surface area contributed by atoms with Crippen LogP contribution in [0.15, 0.2) is 72.4 Å². The van der Waals surface area contributed by atoms with Crippen LogP contribution in [0.5, 0.6) is 0 Å². The average Bonchev–Trinajstić information content (AvgIpc) is 3.48. The summed E-state index contributed by atoms with van der Waals surface area (Å²) in [7, 11) is 0. The molecule has 0 spiro atoms. The van der Waals surface area contributed by atoms with Gasteiger partial charge in [-0.3, -0.25) is 0 Å². The minimum atomic E-state index is 0.586. The number of rotatable bonds is 8. The van der Waals surface area contributed by atoms with E-state index < -0.39 is 0 Å². The van der Waals surface area contributed by atoms with Crippen molar-refractivity contribution < 1.29 is 0 Å². The van der Waals surface area contributed by atoms with E-state index in [-0.39, 0.29) is 0 Å². The number of aliphatic imine (C=N–C) groups is 1. The fourth-order valence-corrected chi connectivity index (χ4v) is 4.11. The van der Waals surface area contributed by atoms with Crippen LogP contribution in [0.3, 0.4) is 0 Å². The predicted molar refractivity (Wildman–Crippen MR) is 130 cm³/mol. The molecule has 0 bridgehead atoms. The summed E-state index contributed by atoms with van der Waals surface area (Å²) < 4.78 is 1.82. The highest BCUT2D eigenvalue weighted by molar-refractivity contribution is 7.11. The fourth-order valence-electron chi connectivity index (χ4n) is 3.38. The molecule has 0 aliphatic carbocycles. The van der Waals surface area contributed by atoms with Crippen molar-refractivity contribution in [1.29, 1.82) is 0 Å². The van der Waals surface area contributed by atoms with Gasteiger partial charge in [-0.25, -0.2) is 19.6 Å². The van der Waals surface area contributed by atoms with E-state index in [0.29, 0.717) is 19.6 Å². The van der Waals surface area contributed by atoms with E-state index in [9.17, 15) is 0 Å². The van der Waals surface area contributed by atoms with Gasteiger partial charge in [0.25, 0.3) is 0 Å². The lowest BCUT2D eigenvalue weighted by Gasteiger charge is -2.12. The van der Waals surface area contributed by atoms with Crippen molar-refractivity contribution >= 4 is 17.3 Å². The van der Waals surface area contributed by atoms with E-state index >= 15 is 0 Å². The van der Waals surface area contributed by atoms with Crippen LogP contribution in [0, 0.1) is 6.92 Å². The van der Waals surface area contributed by atoms with Gasteiger partial charge in [0.2, 0.25) is 0 Å². The lowest BCUT2D eigenvalue weighted by molar-refractivity contribution is 0.685. The summed E-state index contributed by atoms with van der Waals surface area (Å²) >= 11 is 1.70. The zero-order chi connectivity index (χ0) is 22.2. The first kappa shape index (κ1) is 21.7. The third kappa shape index (κ3) is 5.79. The van der Waals surface area contributed by atoms with Crippen molar-refractivity contribution in [2.75, 3.05) is 6.54 Å². The van der Waals surface area contributed by atoms with Crippen LogP contribution in [0.2, 0.25) is 0 Å². The molecule has 164 valence electrons. The number of hydrogen-bond acceptors (Lipinski definition) is 5. The Balaban J connectivity index is 1.46. The Morgan fingerprint density at radius 2 is 1.94 bits per heavy atom. The monoisotopic (exact) mass is 445 g/mol. The number of thiazole rings is 1. The van der Waals surface area contributed by atoms with E-state index in [1.54, 1.807) is 24.0 Å². The lowest BCUT2D eigenvalue weighted by Crippen LogP contribution is -2.36. The Bertz CT molecular complexity index is 1150. The smallest absolute Gasteiger partial charge is 0.191 e. The number of nitrogens with one attached hydrogen (secondary N) is 2. The van der Waals surface area contributed by atoms with E-state index in [2.05, 4.69) is 88.1 Å². The van der Waals surface area contributed by atoms with Crippen LogP contribution in [0.4, 0.5) is 0 Å². The molecule has 0 atom stereocenters. The topological polar surface area (TPSA) is 80.0 Å². The second-order valence-electron chi connectivity index (χ2n) is 7.36. The van der Waals surface area contributed by atoms with Gasteiger partial charge in [0.1, 0.15) is 17.7 Å². The van der Waals surface area contributed by atoms with Crippen molar-refractivity contribution in [1.82, 2.24) is 30.4 Å². The first-order valence-corrected chi connectivity index (χ1v) is 11.5. The zero-order valence-electron chi connectivity index (χ0n) is 18.3. The highest BCUT2D eigenvalue weighted by Gasteiger charge is 2.07. The van der Waals surface area contributed by atoms with Crippen molar-refractivity contribution in [3.05, 3.63) is 88.4 Å². The van der Waals surface area contributed by atoms with E-state index in [1.165, 1.54) is 27.1 Å². The molecular formula is C24H27N7S. The highest BCUT2D eigenvalue weighted by atomic mass is 32.1. The second kappa shape index (κ2) is 10.7. The maximum absolute atomic E-state index is 4.81. The first-order valence-electron chi connectivity index (χ1n) is 10.6. The second-order valence-corrected chi connectivity index (χ2v) is 8.68. The van der Waals surface area contributed by atoms with Crippen LogP contribution in [0.25, 0.3) is 11.1 Å². The summed E-state index contributed by atoms with van der Waals surface area (Å²) in [5.74, 6) is 0.790. The van der Waals surface area contributed by atoms with E-state index in [0.717, 1.165) is 17.5 Å². The van der Waals surface area contributed by atoms with Crippen molar-refractivity contribution in [2.24, 2.45) is 4.99 Å². The molecule has 0 saturated carbocycles. The molecule has 0 aliphatic heterocycles. The van der Waals surface area contributed by atoms with Gasteiger partial charge in [-0.05, 0) is 36.1 Å². The normalized spacial score (nSPS) is 11.5. The van der Waals surface area contributed by atoms with Crippen LogP contribution in [-0.2, 0) is 19.6 Å². The number of hydrogen-bond donors (Lipinski definition) is 2. The van der Waals surface area contributed by atoms with Crippen LogP contribution in [0.1, 0.15) is 27.9 Å². The number of nitrogens with zero attached hydrogens (tertiary/aromatic N) is 5. The molecule has 4 rings (SSSR count). The molecule has 0 saturated heterocycles. The van der Waals surface area contributed by atoms with Gasteiger partial charge >= 0.3 is 0 Å². The largest absolute Gasteiger partial charge is 0.357 e. The molecule has 0 fully saturated rings. The van der Waals surface area contributed by atoms with E-state index in [4.69, 9.17) is 4.99 Å². The average molecular weight is 446 g/mol. The lowest BCUT2D eigenvalue weighted by atomic mass is 9.98. The maximum Gasteiger partial charge on any atom is 0.191 e. The van der Waals surface area contributed by atoms with Gasteiger partial charge < -0.3 is 10.6 Å². The molecule has 2 heterocycles. The molecule has 7 nitrogen and oxygen atoms in total. The summed E-state index contributed by atoms with van der Waals surface area (Å²) in [6, 6.07) is 17.0. The number of guanidine groups is 1. The summed E-state index contributed by atoms with van der Waals surface area (Å²) in [5, 5.41) is 11.9. The molecule has 2 N–H and O–H groups in total. The quantitative estimate of drug-likeness (QED) is 0.316. The molecule has 2 aromatic heterocycles. The summed E-state index contributed by atoms with van der Waals surface area (Å²) in [5.41, 5.74) is 4.73. The van der Waals surface area contributed by atoms with Gasteiger partial charge in [0.05, 0.1) is 19.6 Å². The van der Waals surface area contributed by atoms with Crippen molar-refractivity contribution in [3.8, 4) is 11.1 Å². The molecule has 0 aliphatic rings. The molecule has 0 amide bonds. The first-order chi connectivity index (χ1) is 15.7. The van der Waals surface area contributed by atoms with Crippen LogP contribution < -0.4 is 10.6 Å². The molecule has 4 aromatic rings. The van der Waals surface area contributed by atoms with Gasteiger partial charge in [-0.15, -0.1) is 11.3 Å². The summed E-state index contributed by atoms with van der Waals surface area (Å²) in [6.07, 6.45) is 5.19. The molecule has 8 heteroatoms. The Labute approximate surface area is 192 Å². The highest BCUT2D eigenvalue weighted by Crippen LogP contribution is 2.25. The number of aryl methyl sites for hydroxylation is 1. The summed E-state index contributed by atoms with van der Waals surface area (Å²) in [4.78, 5) is 14.4. The third-order valence-electron chi connectivity index (χ3n) is 4.92. The minimum Gasteiger partial charge on any atom is -0.357 e. The number of benzene rings is 2. The predicted octanol–water partition coefficient (Wildman–Crippen LogP) is 4.01. The van der Waals surface area contributed by atoms with Crippen molar-refractivity contribution in [3.63, 3.8) is 0 Å². The Morgan fingerprint density at radius 3 is 2.66 bits per heavy atom. The molecular weight excluding hydrogens is 418 g/mol. The fraction of sp³-hybridized carbons (Fsp3) is 0.250. The van der Waals surface area contributed by atoms with Gasteiger partial charge in [0, 0.05) is 17.6 Å². The molecule has 0 radical (unpaired) electrons. The zero-order valence-corrected chi connectivity index (χ0v) is 19.1. The standard InChI is InChI=1S/C24H27N7S/c1-3-26-24(29-14-23-27-12-18(2)32-23)28-13-21-6-4-5-7-22(21)20-10-8-19(9-11-20)15-31-17-25-16-30-31/h4-12,16-17H,3,13-15H2,1-2H3,(H2,26,28,29). The Morgan fingerprint density at radius 1 is 1.09 bits per heavy atom. The SMILES string of the molecule is CCNC(=NCc1ccccc1-c1ccc(Cn2cncn2)cc1)NCc1ncc(C)s1. The van der Waals surface area contributed by atoms with Crippen molar-refractivity contribution in [2.45, 2.75) is 33.5 Å². The van der Waals surface area contributed by atoms with E-state index in [1.807, 2.05) is 10.9 Å².